The Bertz CT molecular complexity index is 164. The average Bonchev–Trinajstić information content (AvgIpc) is 2.63. The predicted molar refractivity (Wildman–Crippen MR) is 49.8 cm³/mol. The fourth-order valence-corrected chi connectivity index (χ4v) is 3.56. The Hall–Kier alpha value is -0.0400. The molecule has 0 aromatic rings. The second kappa shape index (κ2) is 3.02. The van der Waals surface area contributed by atoms with Crippen molar-refractivity contribution >= 4 is 0 Å². The van der Waals surface area contributed by atoms with E-state index in [1.54, 1.807) is 0 Å². The average molecular weight is 168 g/mol. The summed E-state index contributed by atoms with van der Waals surface area (Å²) in [6.45, 7) is 4.44. The summed E-state index contributed by atoms with van der Waals surface area (Å²) in [5, 5.41) is 9.85. The van der Waals surface area contributed by atoms with E-state index < -0.39 is 0 Å². The van der Waals surface area contributed by atoms with E-state index in [9.17, 15) is 5.11 Å². The van der Waals surface area contributed by atoms with Gasteiger partial charge in [-0.3, -0.25) is 0 Å². The normalized spacial score (nSPS) is 48.2. The Morgan fingerprint density at radius 1 is 1.33 bits per heavy atom. The minimum atomic E-state index is -0.0182. The zero-order valence-corrected chi connectivity index (χ0v) is 8.16. The molecule has 0 aromatic heterocycles. The van der Waals surface area contributed by atoms with E-state index in [0.29, 0.717) is 5.92 Å². The van der Waals surface area contributed by atoms with Gasteiger partial charge in [0.2, 0.25) is 0 Å². The Morgan fingerprint density at radius 2 is 2.00 bits per heavy atom. The first kappa shape index (κ1) is 8.55. The van der Waals surface area contributed by atoms with Gasteiger partial charge >= 0.3 is 0 Å². The van der Waals surface area contributed by atoms with Gasteiger partial charge in [-0.15, -0.1) is 0 Å². The zero-order chi connectivity index (χ0) is 8.72. The van der Waals surface area contributed by atoms with Crippen LogP contribution in [-0.4, -0.2) is 11.2 Å². The fraction of sp³-hybridized carbons (Fsp3) is 1.00. The topological polar surface area (TPSA) is 20.2 Å². The number of rotatable bonds is 2. The molecule has 2 fully saturated rings. The number of fused-ring (bicyclic) bond motifs is 2. The Kier molecular flexibility index (Phi) is 2.16. The molecule has 0 saturated heterocycles. The predicted octanol–water partition coefficient (Wildman–Crippen LogP) is 2.44. The largest absolute Gasteiger partial charge is 0.393 e. The number of hydrogen-bond donors (Lipinski definition) is 1. The van der Waals surface area contributed by atoms with Gasteiger partial charge in [-0.1, -0.05) is 13.8 Å². The van der Waals surface area contributed by atoms with Crippen molar-refractivity contribution in [3.05, 3.63) is 0 Å². The van der Waals surface area contributed by atoms with Crippen molar-refractivity contribution in [3.63, 3.8) is 0 Å². The summed E-state index contributed by atoms with van der Waals surface area (Å²) in [6, 6.07) is 0. The van der Waals surface area contributed by atoms with E-state index >= 15 is 0 Å². The van der Waals surface area contributed by atoms with Gasteiger partial charge in [0.25, 0.3) is 0 Å². The van der Waals surface area contributed by atoms with E-state index in [2.05, 4.69) is 13.8 Å². The summed E-state index contributed by atoms with van der Waals surface area (Å²) in [4.78, 5) is 0. The molecule has 12 heavy (non-hydrogen) atoms. The van der Waals surface area contributed by atoms with E-state index in [1.807, 2.05) is 0 Å². The van der Waals surface area contributed by atoms with Gasteiger partial charge < -0.3 is 5.11 Å². The minimum absolute atomic E-state index is 0.0182. The molecule has 2 aliphatic carbocycles. The molecule has 0 aromatic carbocycles. The van der Waals surface area contributed by atoms with Gasteiger partial charge in [0.1, 0.15) is 0 Å². The van der Waals surface area contributed by atoms with Crippen LogP contribution in [0, 0.1) is 23.7 Å². The quantitative estimate of drug-likeness (QED) is 0.671. The Balaban J connectivity index is 2.06. The molecular weight excluding hydrogens is 148 g/mol. The van der Waals surface area contributed by atoms with Crippen LogP contribution in [-0.2, 0) is 0 Å². The molecule has 70 valence electrons. The van der Waals surface area contributed by atoms with Crippen LogP contribution in [0.4, 0.5) is 0 Å². The van der Waals surface area contributed by atoms with Crippen LogP contribution in [0.1, 0.15) is 39.5 Å². The van der Waals surface area contributed by atoms with Crippen molar-refractivity contribution in [2.24, 2.45) is 23.7 Å². The molecule has 1 N–H and O–H groups in total. The highest BCUT2D eigenvalue weighted by atomic mass is 16.3. The third-order valence-electron chi connectivity index (χ3n) is 4.27. The van der Waals surface area contributed by atoms with E-state index in [1.165, 1.54) is 19.3 Å². The third-order valence-corrected chi connectivity index (χ3v) is 4.27. The van der Waals surface area contributed by atoms with Crippen LogP contribution in [0.25, 0.3) is 0 Å². The highest BCUT2D eigenvalue weighted by molar-refractivity contribution is 4.96. The van der Waals surface area contributed by atoms with Gasteiger partial charge in [0.15, 0.2) is 0 Å². The monoisotopic (exact) mass is 168 g/mol. The zero-order valence-electron chi connectivity index (χ0n) is 8.16. The van der Waals surface area contributed by atoms with Crippen LogP contribution < -0.4 is 0 Å². The highest BCUT2D eigenvalue weighted by Crippen LogP contribution is 2.53. The summed E-state index contributed by atoms with van der Waals surface area (Å²) < 4.78 is 0. The maximum Gasteiger partial charge on any atom is 0.0571 e. The van der Waals surface area contributed by atoms with Crippen molar-refractivity contribution in [2.75, 3.05) is 0 Å². The number of aliphatic hydroxyl groups is 1. The van der Waals surface area contributed by atoms with Crippen LogP contribution in [0.2, 0.25) is 0 Å². The van der Waals surface area contributed by atoms with E-state index in [0.717, 1.165) is 24.2 Å². The lowest BCUT2D eigenvalue weighted by atomic mass is 9.77. The number of hydrogen-bond acceptors (Lipinski definition) is 1. The lowest BCUT2D eigenvalue weighted by Gasteiger charge is -2.31. The molecule has 1 nitrogen and oxygen atoms in total. The second-order valence-electron chi connectivity index (χ2n) is 4.75. The standard InChI is InChI=1S/C11H20O/c1-3-10(12)11-7(2)8-4-5-9(11)6-8/h7-12H,3-6H2,1-2H3. The lowest BCUT2D eigenvalue weighted by molar-refractivity contribution is 0.0429. The van der Waals surface area contributed by atoms with E-state index in [4.69, 9.17) is 0 Å². The van der Waals surface area contributed by atoms with E-state index in [-0.39, 0.29) is 6.10 Å². The van der Waals surface area contributed by atoms with Gasteiger partial charge in [-0.25, -0.2) is 0 Å². The van der Waals surface area contributed by atoms with Crippen LogP contribution in [0.15, 0.2) is 0 Å². The summed E-state index contributed by atoms with van der Waals surface area (Å²) in [6.07, 6.45) is 5.15. The van der Waals surface area contributed by atoms with Crippen LogP contribution in [0.5, 0.6) is 0 Å². The van der Waals surface area contributed by atoms with Crippen molar-refractivity contribution in [3.8, 4) is 0 Å². The molecule has 1 heteroatoms. The molecule has 2 saturated carbocycles. The van der Waals surface area contributed by atoms with Gasteiger partial charge in [0, 0.05) is 0 Å². The van der Waals surface area contributed by atoms with Crippen molar-refractivity contribution in [1.29, 1.82) is 0 Å². The summed E-state index contributed by atoms with van der Waals surface area (Å²) in [5.41, 5.74) is 0. The molecule has 2 aliphatic rings. The van der Waals surface area contributed by atoms with Gasteiger partial charge in [-0.05, 0) is 49.4 Å². The third kappa shape index (κ3) is 1.10. The molecule has 0 radical (unpaired) electrons. The molecule has 2 rings (SSSR count). The smallest absolute Gasteiger partial charge is 0.0571 e. The molecule has 5 unspecified atom stereocenters. The molecular formula is C11H20O. The fourth-order valence-electron chi connectivity index (χ4n) is 3.56. The van der Waals surface area contributed by atoms with Crippen molar-refractivity contribution in [2.45, 2.75) is 45.6 Å². The molecule has 0 aliphatic heterocycles. The Labute approximate surface area is 75.2 Å². The number of aliphatic hydroxyl groups excluding tert-OH is 1. The summed E-state index contributed by atoms with van der Waals surface area (Å²) >= 11 is 0. The molecule has 0 spiro atoms. The first-order valence-electron chi connectivity index (χ1n) is 5.42. The highest BCUT2D eigenvalue weighted by Gasteiger charge is 2.47. The summed E-state index contributed by atoms with van der Waals surface area (Å²) in [5.74, 6) is 3.23. The molecule has 5 atom stereocenters. The molecule has 2 bridgehead atoms. The van der Waals surface area contributed by atoms with Crippen LogP contribution >= 0.6 is 0 Å². The molecule has 0 heterocycles. The maximum atomic E-state index is 9.85. The van der Waals surface area contributed by atoms with Gasteiger partial charge in [-0.2, -0.15) is 0 Å². The van der Waals surface area contributed by atoms with Crippen molar-refractivity contribution < 1.29 is 5.11 Å². The maximum absolute atomic E-state index is 9.85. The molecule has 0 amide bonds. The lowest BCUT2D eigenvalue weighted by Crippen LogP contribution is -2.30. The SMILES string of the molecule is CCC(O)C1C2CCC(C2)C1C. The summed E-state index contributed by atoms with van der Waals surface area (Å²) in [7, 11) is 0. The van der Waals surface area contributed by atoms with Crippen molar-refractivity contribution in [1.82, 2.24) is 0 Å². The second-order valence-corrected chi connectivity index (χ2v) is 4.75. The van der Waals surface area contributed by atoms with Gasteiger partial charge in [0.05, 0.1) is 6.10 Å². The van der Waals surface area contributed by atoms with Crippen LogP contribution in [0.3, 0.4) is 0 Å². The first-order chi connectivity index (χ1) is 5.74. The first-order valence-corrected chi connectivity index (χ1v) is 5.42. The Morgan fingerprint density at radius 3 is 2.50 bits per heavy atom. The minimum Gasteiger partial charge on any atom is -0.393 e.